The van der Waals surface area contributed by atoms with Crippen LogP contribution in [0.1, 0.15) is 33.3 Å². The zero-order valence-electron chi connectivity index (χ0n) is 14.3. The fourth-order valence-electron chi connectivity index (χ4n) is 2.77. The average molecular weight is 377 g/mol. The minimum Gasteiger partial charge on any atom is -0.384 e. The molecule has 0 aliphatic carbocycles. The van der Waals surface area contributed by atoms with E-state index >= 15 is 0 Å². The zero-order valence-corrected chi connectivity index (χ0v) is 15.1. The fraction of sp³-hybridized carbons (Fsp3) is 0.105. The summed E-state index contributed by atoms with van der Waals surface area (Å²) >= 11 is 1.36. The third-order valence-electron chi connectivity index (χ3n) is 4.02. The first-order valence-electron chi connectivity index (χ1n) is 8.17. The second-order valence-corrected chi connectivity index (χ2v) is 6.82. The molecule has 4 rings (SSSR count). The molecule has 1 atom stereocenters. The van der Waals surface area contributed by atoms with Gasteiger partial charge in [0.2, 0.25) is 0 Å². The van der Waals surface area contributed by atoms with E-state index in [0.717, 1.165) is 11.1 Å². The van der Waals surface area contributed by atoms with E-state index in [2.05, 4.69) is 25.3 Å². The number of aryl methyl sites for hydroxylation is 1. The van der Waals surface area contributed by atoms with E-state index < -0.39 is 6.10 Å². The quantitative estimate of drug-likeness (QED) is 0.567. The van der Waals surface area contributed by atoms with Gasteiger partial charge >= 0.3 is 0 Å². The number of nitrogens with one attached hydrogen (secondary N) is 1. The van der Waals surface area contributed by atoms with E-state index in [9.17, 15) is 9.90 Å². The Hall–Kier alpha value is -3.23. The summed E-state index contributed by atoms with van der Waals surface area (Å²) in [6.45, 7) is 1.86. The van der Waals surface area contributed by atoms with Crippen LogP contribution >= 0.6 is 11.3 Å². The Labute approximate surface area is 158 Å². The molecule has 0 fully saturated rings. The first kappa shape index (κ1) is 17.2. The van der Waals surface area contributed by atoms with Crippen molar-refractivity contribution in [3.05, 3.63) is 76.9 Å². The van der Waals surface area contributed by atoms with Gasteiger partial charge in [-0.1, -0.05) is 6.07 Å². The van der Waals surface area contributed by atoms with Crippen LogP contribution in [-0.4, -0.2) is 30.9 Å². The number of aliphatic hydroxyl groups excluding tert-OH is 1. The SMILES string of the molecule is Cc1csc(NC(=O)c2cc(C(O)c3cncnc3)cc3cccnc23)n1. The molecular weight excluding hydrogens is 362 g/mol. The summed E-state index contributed by atoms with van der Waals surface area (Å²) in [5.74, 6) is -0.327. The lowest BCUT2D eigenvalue weighted by atomic mass is 9.98. The summed E-state index contributed by atoms with van der Waals surface area (Å²) in [5, 5.41) is 16.6. The predicted molar refractivity (Wildman–Crippen MR) is 103 cm³/mol. The van der Waals surface area contributed by atoms with Gasteiger partial charge in [-0.25, -0.2) is 15.0 Å². The summed E-state index contributed by atoms with van der Waals surface area (Å²) < 4.78 is 0. The molecule has 0 radical (unpaired) electrons. The molecule has 1 unspecified atom stereocenters. The summed E-state index contributed by atoms with van der Waals surface area (Å²) in [6.07, 6.45) is 5.17. The molecule has 0 saturated carbocycles. The molecule has 27 heavy (non-hydrogen) atoms. The maximum absolute atomic E-state index is 12.9. The molecule has 1 aromatic carbocycles. The number of pyridine rings is 1. The standard InChI is InChI=1S/C19H15N5O2S/c1-11-9-27-19(23-11)24-18(26)15-6-13(5-12-3-2-4-22-16(12)15)17(25)14-7-20-10-21-8-14/h2-10,17,25H,1H3,(H,23,24,26). The van der Waals surface area contributed by atoms with Crippen molar-refractivity contribution in [3.8, 4) is 0 Å². The molecule has 1 amide bonds. The first-order chi connectivity index (χ1) is 13.1. The van der Waals surface area contributed by atoms with Gasteiger partial charge in [-0.3, -0.25) is 15.1 Å². The van der Waals surface area contributed by atoms with Gasteiger partial charge in [0, 0.05) is 34.9 Å². The fourth-order valence-corrected chi connectivity index (χ4v) is 3.45. The summed E-state index contributed by atoms with van der Waals surface area (Å²) in [5.41, 5.74) is 2.87. The van der Waals surface area contributed by atoms with E-state index in [1.807, 2.05) is 24.4 Å². The number of anilines is 1. The molecule has 0 saturated heterocycles. The third-order valence-corrected chi connectivity index (χ3v) is 4.90. The number of thiazole rings is 1. The van der Waals surface area contributed by atoms with Crippen LogP contribution in [0.5, 0.6) is 0 Å². The van der Waals surface area contributed by atoms with Gasteiger partial charge in [0.15, 0.2) is 5.13 Å². The number of carbonyl (C=O) groups excluding carboxylic acids is 1. The van der Waals surface area contributed by atoms with Crippen molar-refractivity contribution in [3.63, 3.8) is 0 Å². The maximum atomic E-state index is 12.9. The van der Waals surface area contributed by atoms with Crippen molar-refractivity contribution in [1.29, 1.82) is 0 Å². The molecule has 134 valence electrons. The Morgan fingerprint density at radius 2 is 2.04 bits per heavy atom. The van der Waals surface area contributed by atoms with Crippen molar-refractivity contribution in [2.45, 2.75) is 13.0 Å². The zero-order chi connectivity index (χ0) is 18.8. The Morgan fingerprint density at radius 3 is 2.78 bits per heavy atom. The Kier molecular flexibility index (Phi) is 4.57. The van der Waals surface area contributed by atoms with Crippen LogP contribution in [0, 0.1) is 6.92 Å². The number of hydrogen-bond acceptors (Lipinski definition) is 7. The van der Waals surface area contributed by atoms with E-state index in [0.29, 0.717) is 27.3 Å². The molecule has 3 heterocycles. The van der Waals surface area contributed by atoms with Gasteiger partial charge in [-0.15, -0.1) is 11.3 Å². The molecule has 0 spiro atoms. The second-order valence-electron chi connectivity index (χ2n) is 5.97. The number of amides is 1. The van der Waals surface area contributed by atoms with E-state index in [1.165, 1.54) is 17.7 Å². The van der Waals surface area contributed by atoms with Crippen molar-refractivity contribution in [2.24, 2.45) is 0 Å². The normalized spacial score (nSPS) is 12.1. The van der Waals surface area contributed by atoms with Gasteiger partial charge in [0.1, 0.15) is 12.4 Å². The number of nitrogens with zero attached hydrogens (tertiary/aromatic N) is 4. The summed E-state index contributed by atoms with van der Waals surface area (Å²) in [6, 6.07) is 7.09. The number of fused-ring (bicyclic) bond motifs is 1. The Balaban J connectivity index is 1.77. The van der Waals surface area contributed by atoms with Crippen LogP contribution in [0.3, 0.4) is 0 Å². The van der Waals surface area contributed by atoms with Gasteiger partial charge in [0.25, 0.3) is 5.91 Å². The second kappa shape index (κ2) is 7.18. The van der Waals surface area contributed by atoms with E-state index in [1.54, 1.807) is 30.7 Å². The summed E-state index contributed by atoms with van der Waals surface area (Å²) in [4.78, 5) is 29.3. The first-order valence-corrected chi connectivity index (χ1v) is 9.05. The number of carbonyl (C=O) groups is 1. The van der Waals surface area contributed by atoms with E-state index in [-0.39, 0.29) is 5.91 Å². The van der Waals surface area contributed by atoms with Crippen LogP contribution in [-0.2, 0) is 0 Å². The lowest BCUT2D eigenvalue weighted by molar-refractivity contribution is 0.102. The Morgan fingerprint density at radius 1 is 1.22 bits per heavy atom. The molecular formula is C19H15N5O2S. The molecule has 7 nitrogen and oxygen atoms in total. The van der Waals surface area contributed by atoms with Crippen LogP contribution < -0.4 is 5.32 Å². The number of benzene rings is 1. The van der Waals surface area contributed by atoms with Crippen LogP contribution in [0.4, 0.5) is 5.13 Å². The molecule has 3 aromatic heterocycles. The predicted octanol–water partition coefficient (Wildman–Crippen LogP) is 3.12. The largest absolute Gasteiger partial charge is 0.384 e. The van der Waals surface area contributed by atoms with Gasteiger partial charge in [-0.2, -0.15) is 0 Å². The highest BCUT2D eigenvalue weighted by Crippen LogP contribution is 2.27. The van der Waals surface area contributed by atoms with Crippen molar-refractivity contribution in [1.82, 2.24) is 19.9 Å². The van der Waals surface area contributed by atoms with Crippen molar-refractivity contribution in [2.75, 3.05) is 5.32 Å². The molecule has 8 heteroatoms. The number of rotatable bonds is 4. The third kappa shape index (κ3) is 3.53. The smallest absolute Gasteiger partial charge is 0.259 e. The monoisotopic (exact) mass is 377 g/mol. The molecule has 0 bridgehead atoms. The maximum Gasteiger partial charge on any atom is 0.259 e. The lowest BCUT2D eigenvalue weighted by Gasteiger charge is -2.14. The average Bonchev–Trinajstić information content (AvgIpc) is 3.11. The highest BCUT2D eigenvalue weighted by atomic mass is 32.1. The van der Waals surface area contributed by atoms with Crippen LogP contribution in [0.25, 0.3) is 10.9 Å². The topological polar surface area (TPSA) is 101 Å². The van der Waals surface area contributed by atoms with Gasteiger partial charge in [0.05, 0.1) is 16.8 Å². The molecule has 4 aromatic rings. The van der Waals surface area contributed by atoms with Gasteiger partial charge < -0.3 is 5.11 Å². The van der Waals surface area contributed by atoms with Crippen molar-refractivity contribution < 1.29 is 9.90 Å². The summed E-state index contributed by atoms with van der Waals surface area (Å²) in [7, 11) is 0. The molecule has 2 N–H and O–H groups in total. The molecule has 0 aliphatic rings. The number of hydrogen-bond donors (Lipinski definition) is 2. The number of aromatic nitrogens is 4. The highest BCUT2D eigenvalue weighted by Gasteiger charge is 2.18. The lowest BCUT2D eigenvalue weighted by Crippen LogP contribution is -2.14. The van der Waals surface area contributed by atoms with E-state index in [4.69, 9.17) is 0 Å². The van der Waals surface area contributed by atoms with Crippen LogP contribution in [0.2, 0.25) is 0 Å². The number of aliphatic hydroxyl groups is 1. The van der Waals surface area contributed by atoms with Gasteiger partial charge in [-0.05, 0) is 30.7 Å². The van der Waals surface area contributed by atoms with Crippen molar-refractivity contribution >= 4 is 33.3 Å². The minimum atomic E-state index is -0.954. The minimum absolute atomic E-state index is 0.327. The highest BCUT2D eigenvalue weighted by molar-refractivity contribution is 7.13. The molecule has 0 aliphatic heterocycles. The van der Waals surface area contributed by atoms with Crippen LogP contribution in [0.15, 0.2) is 54.6 Å². The Bertz CT molecular complexity index is 1110.